The van der Waals surface area contributed by atoms with Crippen molar-refractivity contribution in [2.24, 2.45) is 0 Å². The highest BCUT2D eigenvalue weighted by molar-refractivity contribution is 6.32. The quantitative estimate of drug-likeness (QED) is 0.204. The van der Waals surface area contributed by atoms with Gasteiger partial charge in [0.15, 0.2) is 5.78 Å². The Morgan fingerprint density at radius 1 is 1.17 bits per heavy atom. The average molecular weight is 427 g/mol. The minimum atomic E-state index is -0.442. The van der Waals surface area contributed by atoms with Gasteiger partial charge in [-0.05, 0) is 48.4 Å². The second-order valence-electron chi connectivity index (χ2n) is 6.30. The molecule has 0 aliphatic carbocycles. The van der Waals surface area contributed by atoms with Crippen LogP contribution < -0.4 is 10.1 Å². The Morgan fingerprint density at radius 2 is 1.87 bits per heavy atom. The molecule has 0 aliphatic heterocycles. The molecule has 2 aromatic rings. The number of rotatable bonds is 9. The topological polar surface area (TPSA) is 88.5 Å². The Morgan fingerprint density at radius 3 is 2.47 bits per heavy atom. The van der Waals surface area contributed by atoms with Crippen LogP contribution >= 0.6 is 11.6 Å². The summed E-state index contributed by atoms with van der Waals surface area (Å²) < 4.78 is 10.4. The van der Waals surface area contributed by atoms with Crippen molar-refractivity contribution in [3.05, 3.63) is 82.9 Å². The fourth-order valence-electron chi connectivity index (χ4n) is 2.65. The second kappa shape index (κ2) is 11.0. The molecule has 0 saturated heterocycles. The molecule has 30 heavy (non-hydrogen) atoms. The van der Waals surface area contributed by atoms with E-state index in [4.69, 9.17) is 26.5 Å². The van der Waals surface area contributed by atoms with E-state index in [0.717, 1.165) is 11.3 Å². The van der Waals surface area contributed by atoms with Gasteiger partial charge in [-0.15, -0.1) is 0 Å². The highest BCUT2D eigenvalue weighted by atomic mass is 35.5. The zero-order valence-corrected chi connectivity index (χ0v) is 17.6. The summed E-state index contributed by atoms with van der Waals surface area (Å²) in [5.74, 6) is -0.206. The number of carbonyl (C=O) groups is 2. The van der Waals surface area contributed by atoms with E-state index < -0.39 is 5.91 Å². The summed E-state index contributed by atoms with van der Waals surface area (Å²) in [5, 5.41) is 11.4. The Hall–Kier alpha value is -3.38. The van der Waals surface area contributed by atoms with Crippen LogP contribution in [-0.2, 0) is 16.1 Å². The van der Waals surface area contributed by atoms with Crippen molar-refractivity contribution in [2.75, 3.05) is 13.7 Å². The number of ether oxygens (including phenoxy) is 2. The van der Waals surface area contributed by atoms with Crippen LogP contribution in [0.5, 0.6) is 5.75 Å². The van der Waals surface area contributed by atoms with Gasteiger partial charge < -0.3 is 14.8 Å². The molecule has 1 amide bonds. The Labute approximate surface area is 180 Å². The summed E-state index contributed by atoms with van der Waals surface area (Å²) in [7, 11) is 1.58. The summed E-state index contributed by atoms with van der Waals surface area (Å²) >= 11 is 6.10. The molecule has 0 aromatic heterocycles. The van der Waals surface area contributed by atoms with Crippen LogP contribution in [0, 0.1) is 5.41 Å². The lowest BCUT2D eigenvalue weighted by Crippen LogP contribution is -2.22. The zero-order chi connectivity index (χ0) is 22.1. The van der Waals surface area contributed by atoms with E-state index in [1.165, 1.54) is 25.1 Å². The van der Waals surface area contributed by atoms with Gasteiger partial charge in [0, 0.05) is 28.8 Å². The van der Waals surface area contributed by atoms with Gasteiger partial charge in [0.1, 0.15) is 12.4 Å². The number of halogens is 1. The molecule has 2 aromatic carbocycles. The normalized spacial score (nSPS) is 10.8. The molecular weight excluding hydrogens is 404 g/mol. The van der Waals surface area contributed by atoms with Gasteiger partial charge in [-0.2, -0.15) is 0 Å². The summed E-state index contributed by atoms with van der Waals surface area (Å²) in [5.41, 5.74) is 1.71. The van der Waals surface area contributed by atoms with E-state index in [-0.39, 0.29) is 30.4 Å². The molecule has 0 atom stereocenters. The number of ketones is 1. The Bertz CT molecular complexity index is 981. The molecule has 0 bridgehead atoms. The van der Waals surface area contributed by atoms with E-state index in [1.807, 2.05) is 12.1 Å². The van der Waals surface area contributed by atoms with Crippen molar-refractivity contribution in [3.63, 3.8) is 0 Å². The number of hydrogen-bond acceptors (Lipinski definition) is 5. The molecule has 2 N–H and O–H groups in total. The van der Waals surface area contributed by atoms with Crippen LogP contribution in [-0.4, -0.2) is 31.3 Å². The molecule has 0 unspecified atom stereocenters. The molecule has 0 aliphatic rings. The Balaban J connectivity index is 2.32. The van der Waals surface area contributed by atoms with Crippen LogP contribution in [0.2, 0.25) is 5.02 Å². The maximum atomic E-state index is 12.6. The van der Waals surface area contributed by atoms with Gasteiger partial charge >= 0.3 is 0 Å². The van der Waals surface area contributed by atoms with E-state index in [9.17, 15) is 9.59 Å². The van der Waals surface area contributed by atoms with Gasteiger partial charge in [0.25, 0.3) is 0 Å². The summed E-state index contributed by atoms with van der Waals surface area (Å²) in [6, 6.07) is 11.9. The first kappa shape index (κ1) is 22.9. The van der Waals surface area contributed by atoms with Crippen LogP contribution in [0.4, 0.5) is 0 Å². The minimum Gasteiger partial charge on any atom is -0.497 e. The lowest BCUT2D eigenvalue weighted by Gasteiger charge is -2.14. The van der Waals surface area contributed by atoms with Crippen molar-refractivity contribution >= 4 is 34.8 Å². The maximum Gasteiger partial charge on any atom is 0.245 e. The third-order valence-corrected chi connectivity index (χ3v) is 4.38. The van der Waals surface area contributed by atoms with Gasteiger partial charge in [0.05, 0.1) is 7.11 Å². The molecule has 0 spiro atoms. The van der Waals surface area contributed by atoms with Gasteiger partial charge in [0.2, 0.25) is 11.8 Å². The van der Waals surface area contributed by atoms with Crippen LogP contribution in [0.3, 0.4) is 0 Å². The van der Waals surface area contributed by atoms with Crippen molar-refractivity contribution in [2.45, 2.75) is 13.5 Å². The van der Waals surface area contributed by atoms with Gasteiger partial charge in [-0.1, -0.05) is 36.4 Å². The molecule has 0 heterocycles. The van der Waals surface area contributed by atoms with Crippen molar-refractivity contribution < 1.29 is 19.1 Å². The summed E-state index contributed by atoms with van der Waals surface area (Å²) in [4.78, 5) is 24.6. The molecule has 2 rings (SSSR count). The highest BCUT2D eigenvalue weighted by Crippen LogP contribution is 2.25. The molecular formula is C23H23ClN2O4. The first-order chi connectivity index (χ1) is 14.3. The number of carbonyl (C=O) groups excluding carboxylic acids is 2. The molecule has 0 saturated carbocycles. The first-order valence-corrected chi connectivity index (χ1v) is 9.49. The lowest BCUT2D eigenvalue weighted by molar-refractivity contribution is -0.116. The molecule has 156 valence electrons. The third kappa shape index (κ3) is 6.32. The summed E-state index contributed by atoms with van der Waals surface area (Å²) in [6.07, 6.45) is 2.72. The standard InChI is InChI=1S/C23H23ClN2O4/c1-4-11-30-23(25)21(20-12-17(24)7-10-19(20)15(2)27)13-22(28)26-14-16-5-8-18(29-3)9-6-16/h4-10,12-13,25H,1,11,14H2,2-3H3,(H,26,28)/b21-13-,25-23?. The molecule has 0 fully saturated rings. The molecule has 0 radical (unpaired) electrons. The number of methoxy groups -OCH3 is 1. The van der Waals surface area contributed by atoms with Crippen molar-refractivity contribution in [1.29, 1.82) is 5.41 Å². The fraction of sp³-hybridized carbons (Fsp3) is 0.174. The van der Waals surface area contributed by atoms with E-state index >= 15 is 0 Å². The smallest absolute Gasteiger partial charge is 0.245 e. The number of Topliss-reactive ketones (excluding diaryl/α,β-unsaturated/α-hetero) is 1. The predicted molar refractivity (Wildman–Crippen MR) is 118 cm³/mol. The second-order valence-corrected chi connectivity index (χ2v) is 6.74. The van der Waals surface area contributed by atoms with E-state index in [2.05, 4.69) is 11.9 Å². The minimum absolute atomic E-state index is 0.0829. The number of amides is 1. The van der Waals surface area contributed by atoms with Crippen molar-refractivity contribution in [1.82, 2.24) is 5.32 Å². The first-order valence-electron chi connectivity index (χ1n) is 9.11. The highest BCUT2D eigenvalue weighted by Gasteiger charge is 2.18. The average Bonchev–Trinajstić information content (AvgIpc) is 2.74. The van der Waals surface area contributed by atoms with Gasteiger partial charge in [-0.25, -0.2) is 0 Å². The maximum absolute atomic E-state index is 12.6. The number of hydrogen-bond donors (Lipinski definition) is 2. The summed E-state index contributed by atoms with van der Waals surface area (Å²) in [6.45, 7) is 5.32. The predicted octanol–water partition coefficient (Wildman–Crippen LogP) is 4.43. The lowest BCUT2D eigenvalue weighted by atomic mass is 9.96. The largest absolute Gasteiger partial charge is 0.497 e. The van der Waals surface area contributed by atoms with Crippen LogP contribution in [0.1, 0.15) is 28.4 Å². The molecule has 6 nitrogen and oxygen atoms in total. The van der Waals surface area contributed by atoms with Crippen LogP contribution in [0.25, 0.3) is 5.57 Å². The van der Waals surface area contributed by atoms with Crippen LogP contribution in [0.15, 0.2) is 61.2 Å². The SMILES string of the molecule is C=CCOC(=N)/C(=C\C(=O)NCc1ccc(OC)cc1)c1cc(Cl)ccc1C(C)=O. The number of benzene rings is 2. The monoisotopic (exact) mass is 426 g/mol. The van der Waals surface area contributed by atoms with Crippen molar-refractivity contribution in [3.8, 4) is 5.75 Å². The molecule has 7 heteroatoms. The number of nitrogens with one attached hydrogen (secondary N) is 2. The van der Waals surface area contributed by atoms with E-state index in [1.54, 1.807) is 31.4 Å². The zero-order valence-electron chi connectivity index (χ0n) is 16.8. The van der Waals surface area contributed by atoms with Gasteiger partial charge in [-0.3, -0.25) is 15.0 Å². The third-order valence-electron chi connectivity index (χ3n) is 4.14. The van der Waals surface area contributed by atoms with E-state index in [0.29, 0.717) is 16.1 Å². The fourth-order valence-corrected chi connectivity index (χ4v) is 2.82. The Kier molecular flexibility index (Phi) is 8.38.